The van der Waals surface area contributed by atoms with Crippen LogP contribution in [0.3, 0.4) is 0 Å². The Morgan fingerprint density at radius 1 is 0.403 bits per heavy atom. The minimum Gasteiger partial charge on any atom is -0.457 e. The quantitative estimate of drug-likeness (QED) is 0.0216. The van der Waals surface area contributed by atoms with Crippen LogP contribution in [0.1, 0.15) is 285 Å². The standard InChI is InChI=1S/C50H51NO9.C47H76FNO10.24H2/c1-3-5-7-9-11-13-15-17-18-19-20-21-22-23-24-25-26-27-29-31-33-35-37-39-45(54)51-42(41-59-50-49(58)48(57)47(56)44(40-52)60-50)46(55)43(53)38-36-34-32-30-28-16-14-12-10-8-6-4-2;1-2-3-4-5-6-7-8-9-10-14-17-20-23-40(51)43(53)39(34-57-47-46(56)45(55)44(54)41(33-50)59-47)49-42(52)24-21-18-15-12-11-13-16-19-22-35-25-29-37(30-26-35)58-38-31-27-36(48)28-32-38;;;;;;;;;;;;;;;;;;;;;;;;/h42-44,46-50,52-53,55-58H,4,6,8,10,12,14,16,28,30,32,34,36,38,40-41H2,1-2H3,(H,51,54);25-32,39-41,43-47,50-51,53-56H,2-24,33-34H2,1H3,(H,49,52);24*1H/t42-,43+,44?,46-,47-,48-,49?,50-;39-,40+,41?,43-,44-,45-,46?,47-;;;;;;;;;;;;;;;;;;;;;;;;/m00......................../s1. The monoisotopic (exact) mass is 1690 g/mol. The van der Waals surface area contributed by atoms with E-state index in [-0.39, 0.29) is 65.4 Å². The average Bonchev–Trinajstić information content (AvgIpc) is 0.819. The lowest BCUT2D eigenvalue weighted by atomic mass is 9.98. The maximum Gasteiger partial charge on any atom is 0.297 e. The average molecular weight is 1690 g/mol. The number of carbonyl (C=O) groups excluding carboxylic acids is 2. The number of carbonyl (C=O) groups is 2. The molecule has 0 saturated carbocycles. The molecule has 14 N–H and O–H groups in total. The molecule has 4 rings (SSSR count). The van der Waals surface area contributed by atoms with Crippen LogP contribution in [0, 0.1) is 148 Å². The highest BCUT2D eigenvalue weighted by Crippen LogP contribution is 2.27. The maximum atomic E-state index is 13.1. The third-order valence-electron chi connectivity index (χ3n) is 19.8. The van der Waals surface area contributed by atoms with Crippen molar-refractivity contribution in [2.24, 2.45) is 0 Å². The van der Waals surface area contributed by atoms with E-state index in [1.165, 1.54) is 120 Å². The normalized spacial score (nSPS) is 19.3. The molecule has 2 aliphatic heterocycles. The van der Waals surface area contributed by atoms with Gasteiger partial charge < -0.3 is 95.6 Å². The van der Waals surface area contributed by atoms with Crippen LogP contribution in [-0.2, 0) is 35.0 Å². The van der Waals surface area contributed by atoms with Gasteiger partial charge in [0.25, 0.3) is 5.91 Å². The predicted molar refractivity (Wildman–Crippen MR) is 507 cm³/mol. The van der Waals surface area contributed by atoms with Crippen molar-refractivity contribution >= 4 is 11.8 Å². The molecule has 0 aromatic heterocycles. The Hall–Kier alpha value is -8.81. The minimum absolute atomic E-state index is 0. The molecule has 22 heteroatoms. The number of aryl methyl sites for hydroxylation is 1. The fourth-order valence-corrected chi connectivity index (χ4v) is 12.8. The van der Waals surface area contributed by atoms with Gasteiger partial charge in [0.05, 0.1) is 50.7 Å². The Kier molecular flexibility index (Phi) is 60.4. The molecule has 2 fully saturated rings. The van der Waals surface area contributed by atoms with E-state index in [1.54, 1.807) is 19.1 Å². The molecule has 0 spiro atoms. The summed E-state index contributed by atoms with van der Waals surface area (Å²) in [5.74, 6) is 59.1. The number of halogens is 1. The van der Waals surface area contributed by atoms with Gasteiger partial charge in [-0.1, -0.05) is 225 Å². The zero-order chi connectivity index (χ0) is 86.6. The molecule has 2 saturated heterocycles. The number of unbranched alkanes of at least 4 members (excludes halogenated alkanes) is 29. The topological polar surface area (TPSA) is 347 Å². The number of aliphatic hydroxyl groups is 12. The van der Waals surface area contributed by atoms with E-state index < -0.39 is 124 Å². The van der Waals surface area contributed by atoms with Crippen molar-refractivity contribution < 1.29 is 133 Å². The van der Waals surface area contributed by atoms with Crippen molar-refractivity contribution in [3.8, 4) is 154 Å². The maximum absolute atomic E-state index is 13.1. The number of hydrogen-bond donors (Lipinski definition) is 14. The first-order chi connectivity index (χ1) is 57.9. The van der Waals surface area contributed by atoms with Gasteiger partial charge in [-0.15, -0.1) is 0 Å². The molecule has 0 radical (unpaired) electrons. The molecule has 119 heavy (non-hydrogen) atoms. The van der Waals surface area contributed by atoms with E-state index in [9.17, 15) is 75.3 Å². The number of hydrogen-bond acceptors (Lipinski definition) is 19. The molecule has 0 bridgehead atoms. The van der Waals surface area contributed by atoms with Gasteiger partial charge in [-0.2, -0.15) is 0 Å². The molecule has 16 atom stereocenters. The molecule has 2 aromatic rings. The van der Waals surface area contributed by atoms with Crippen molar-refractivity contribution in [1.82, 2.24) is 10.6 Å². The second-order valence-corrected chi connectivity index (χ2v) is 29.4. The number of rotatable bonds is 53. The van der Waals surface area contributed by atoms with E-state index in [2.05, 4.69) is 179 Å². The summed E-state index contributed by atoms with van der Waals surface area (Å²) in [6, 6.07) is 11.7. The Labute approximate surface area is 743 Å². The van der Waals surface area contributed by atoms with Gasteiger partial charge in [0.2, 0.25) is 5.91 Å². The molecule has 4 unspecified atom stereocenters. The number of amides is 2. The molecule has 0 aliphatic carbocycles. The van der Waals surface area contributed by atoms with Gasteiger partial charge in [0.1, 0.15) is 78.4 Å². The zero-order valence-corrected chi connectivity index (χ0v) is 69.7. The fourth-order valence-electron chi connectivity index (χ4n) is 12.8. The molecular formula is C97H175FN2O19. The molecule has 2 amide bonds. The molecule has 694 valence electrons. The second-order valence-electron chi connectivity index (χ2n) is 29.4. The highest BCUT2D eigenvalue weighted by atomic mass is 19.1. The van der Waals surface area contributed by atoms with Gasteiger partial charge in [0, 0.05) is 82.1 Å². The summed E-state index contributed by atoms with van der Waals surface area (Å²) in [5, 5.41) is 130. The van der Waals surface area contributed by atoms with Crippen molar-refractivity contribution in [3.63, 3.8) is 0 Å². The van der Waals surface area contributed by atoms with E-state index in [4.69, 9.17) is 23.7 Å². The van der Waals surface area contributed by atoms with Crippen molar-refractivity contribution in [2.45, 2.75) is 350 Å². The van der Waals surface area contributed by atoms with Crippen LogP contribution >= 0.6 is 0 Å². The van der Waals surface area contributed by atoms with E-state index in [1.807, 2.05) is 12.1 Å². The van der Waals surface area contributed by atoms with Gasteiger partial charge in [-0.25, -0.2) is 4.39 Å². The Morgan fingerprint density at radius 2 is 0.714 bits per heavy atom. The largest absolute Gasteiger partial charge is 0.457 e. The van der Waals surface area contributed by atoms with Gasteiger partial charge in [-0.05, 0) is 176 Å². The summed E-state index contributed by atoms with van der Waals surface area (Å²) in [5.41, 5.74) is 1.25. The summed E-state index contributed by atoms with van der Waals surface area (Å²) in [7, 11) is 0. The van der Waals surface area contributed by atoms with Crippen LogP contribution in [0.5, 0.6) is 11.5 Å². The zero-order valence-electron chi connectivity index (χ0n) is 69.7. The second kappa shape index (κ2) is 68.9. The van der Waals surface area contributed by atoms with Crippen LogP contribution in [0.2, 0.25) is 0 Å². The first-order valence-corrected chi connectivity index (χ1v) is 42.5. The lowest BCUT2D eigenvalue weighted by Crippen LogP contribution is -2.60. The summed E-state index contributed by atoms with van der Waals surface area (Å²) in [6.07, 6.45) is 17.5. The third-order valence-corrected chi connectivity index (χ3v) is 19.8. The number of ether oxygens (including phenoxy) is 5. The summed E-state index contributed by atoms with van der Waals surface area (Å²) < 4.78 is 41.0. The van der Waals surface area contributed by atoms with Crippen LogP contribution in [0.15, 0.2) is 48.5 Å². The Balaban J connectivity index is -0.0000000877. The minimum atomic E-state index is -1.70. The summed E-state index contributed by atoms with van der Waals surface area (Å²) in [6.45, 7) is 4.02. The van der Waals surface area contributed by atoms with Gasteiger partial charge in [-0.3, -0.25) is 9.59 Å². The highest BCUT2D eigenvalue weighted by Gasteiger charge is 2.46. The SMILES string of the molecule is CC#CC#CC#CC#CC#CC#CC#CC#CC#CC#CC#CC#CC(=O)N[C@@H](CO[C@H]1OC(CO)[C@H](O)[C@H](O)C1O)[C@H](O)[C@H](O)CCCCCCCCCCCCCC.CCCCCCCCCCCCCC[C@@H](O)[C@@H](O)[C@H](CO[C@H]1OC(CO)[C@H](O)[C@H](O)C1O)NC(=O)CCCCCCCCCCc1ccc(Oc2ccc(F)cc2)cc1.[HH].[HH].[HH].[HH].[HH].[HH].[HH].[HH].[HH].[HH].[HH].[HH].[HH].[HH].[HH].[HH].[HH].[HH].[HH].[HH].[HH].[HH].[HH].[HH]. The van der Waals surface area contributed by atoms with Crippen LogP contribution in [0.4, 0.5) is 4.39 Å². The third kappa shape index (κ3) is 49.5. The van der Waals surface area contributed by atoms with Gasteiger partial charge in [0.15, 0.2) is 12.6 Å². The summed E-state index contributed by atoms with van der Waals surface area (Å²) in [4.78, 5) is 25.7. The van der Waals surface area contributed by atoms with Crippen LogP contribution in [-0.4, -0.2) is 197 Å². The number of aliphatic hydroxyl groups excluding tert-OH is 12. The fraction of sp³-hybridized carbons (Fsp3) is 0.608. The first-order valence-electron chi connectivity index (χ1n) is 42.5. The number of nitrogens with one attached hydrogen (secondary N) is 2. The Morgan fingerprint density at radius 3 is 1.07 bits per heavy atom. The Bertz CT molecular complexity index is 4080. The van der Waals surface area contributed by atoms with Crippen molar-refractivity contribution in [1.29, 1.82) is 0 Å². The predicted octanol–water partition coefficient (Wildman–Crippen LogP) is 14.9. The lowest BCUT2D eigenvalue weighted by molar-refractivity contribution is -0.303. The number of benzene rings is 2. The smallest absolute Gasteiger partial charge is 0.297 e. The van der Waals surface area contributed by atoms with E-state index in [0.29, 0.717) is 25.0 Å². The van der Waals surface area contributed by atoms with E-state index in [0.717, 1.165) is 102 Å². The lowest BCUT2D eigenvalue weighted by Gasteiger charge is -2.40. The van der Waals surface area contributed by atoms with Crippen LogP contribution < -0.4 is 15.4 Å². The van der Waals surface area contributed by atoms with Gasteiger partial charge >= 0.3 is 0 Å². The van der Waals surface area contributed by atoms with Crippen LogP contribution in [0.25, 0.3) is 0 Å². The highest BCUT2D eigenvalue weighted by molar-refractivity contribution is 5.94. The molecule has 2 heterocycles. The van der Waals surface area contributed by atoms with E-state index >= 15 is 0 Å². The van der Waals surface area contributed by atoms with Crippen molar-refractivity contribution in [2.75, 3.05) is 26.4 Å². The summed E-state index contributed by atoms with van der Waals surface area (Å²) >= 11 is 0. The molecule has 21 nitrogen and oxygen atoms in total. The first kappa shape index (κ1) is 104. The van der Waals surface area contributed by atoms with Crippen molar-refractivity contribution in [3.05, 3.63) is 59.9 Å². The molecule has 2 aliphatic rings. The molecule has 2 aromatic carbocycles. The molecular weight excluding hydrogens is 1520 g/mol.